The highest BCUT2D eigenvalue weighted by Gasteiger charge is 2.12. The molecule has 2 aromatic rings. The topological polar surface area (TPSA) is 88.9 Å². The Kier molecular flexibility index (Phi) is 4.82. The molecule has 1 heterocycles. The van der Waals surface area contributed by atoms with Crippen LogP contribution in [0, 0.1) is 5.82 Å². The van der Waals surface area contributed by atoms with Gasteiger partial charge in [-0.2, -0.15) is 10.1 Å². The molecule has 2 rings (SSSR count). The van der Waals surface area contributed by atoms with Gasteiger partial charge < -0.3 is 5.32 Å². The van der Waals surface area contributed by atoms with Gasteiger partial charge in [-0.05, 0) is 38.1 Å². The number of carbonyl (C=O) groups excluding carboxylic acids is 2. The Morgan fingerprint density at radius 2 is 1.95 bits per heavy atom. The molecule has 0 radical (unpaired) electrons. The molecule has 2 amide bonds. The second-order valence-corrected chi connectivity index (χ2v) is 4.86. The van der Waals surface area contributed by atoms with Gasteiger partial charge in [0.2, 0.25) is 11.9 Å². The number of carbonyl (C=O) groups is 2. The molecule has 0 aliphatic heterocycles. The minimum Gasteiger partial charge on any atom is -0.343 e. The Morgan fingerprint density at radius 3 is 2.59 bits per heavy atom. The van der Waals surface area contributed by atoms with Crippen molar-refractivity contribution in [2.45, 2.75) is 19.9 Å². The predicted molar refractivity (Wildman–Crippen MR) is 77.8 cm³/mol. The monoisotopic (exact) mass is 305 g/mol. The van der Waals surface area contributed by atoms with Gasteiger partial charge in [-0.3, -0.25) is 14.9 Å². The van der Waals surface area contributed by atoms with Crippen LogP contribution in [0.3, 0.4) is 0 Å². The van der Waals surface area contributed by atoms with Gasteiger partial charge in [0, 0.05) is 5.56 Å². The van der Waals surface area contributed by atoms with E-state index in [2.05, 4.69) is 20.7 Å². The van der Waals surface area contributed by atoms with E-state index in [0.29, 0.717) is 5.95 Å². The fourth-order valence-electron chi connectivity index (χ4n) is 1.75. The van der Waals surface area contributed by atoms with E-state index in [-0.39, 0.29) is 18.2 Å². The molecule has 0 aliphatic rings. The first-order chi connectivity index (χ1) is 10.5. The van der Waals surface area contributed by atoms with Crippen molar-refractivity contribution >= 4 is 17.8 Å². The Balaban J connectivity index is 1.88. The van der Waals surface area contributed by atoms with Crippen LogP contribution >= 0.6 is 0 Å². The maximum atomic E-state index is 12.8. The standard InChI is InChI=1S/C14H16FN5O2/c1-9(2)20-14(17-8-18-20)19-12(21)7-16-13(22)10-3-5-11(15)6-4-10/h3-6,8-9H,7H2,1-2H3,(H,16,22)(H,17,18,19,21). The summed E-state index contributed by atoms with van der Waals surface area (Å²) in [4.78, 5) is 27.5. The highest BCUT2D eigenvalue weighted by Crippen LogP contribution is 2.09. The van der Waals surface area contributed by atoms with Crippen molar-refractivity contribution in [2.24, 2.45) is 0 Å². The summed E-state index contributed by atoms with van der Waals surface area (Å²) >= 11 is 0. The number of anilines is 1. The summed E-state index contributed by atoms with van der Waals surface area (Å²) in [6.07, 6.45) is 1.34. The molecule has 0 unspecified atom stereocenters. The lowest BCUT2D eigenvalue weighted by Crippen LogP contribution is -2.33. The summed E-state index contributed by atoms with van der Waals surface area (Å²) < 4.78 is 14.3. The normalized spacial score (nSPS) is 10.5. The van der Waals surface area contributed by atoms with E-state index < -0.39 is 17.6 Å². The van der Waals surface area contributed by atoms with Crippen molar-refractivity contribution in [1.29, 1.82) is 0 Å². The maximum absolute atomic E-state index is 12.8. The quantitative estimate of drug-likeness (QED) is 0.873. The molecule has 0 bridgehead atoms. The van der Waals surface area contributed by atoms with E-state index in [1.165, 1.54) is 30.6 Å². The molecule has 0 saturated carbocycles. The second-order valence-electron chi connectivity index (χ2n) is 4.86. The highest BCUT2D eigenvalue weighted by molar-refractivity contribution is 5.98. The second kappa shape index (κ2) is 6.79. The van der Waals surface area contributed by atoms with Crippen LogP contribution in [0.2, 0.25) is 0 Å². The number of aromatic nitrogens is 3. The number of hydrogen-bond donors (Lipinski definition) is 2. The zero-order chi connectivity index (χ0) is 16.1. The SMILES string of the molecule is CC(C)n1ncnc1NC(=O)CNC(=O)c1ccc(F)cc1. The third-order valence-electron chi connectivity index (χ3n) is 2.83. The molecule has 116 valence electrons. The summed E-state index contributed by atoms with van der Waals surface area (Å²) in [6, 6.07) is 5.10. The van der Waals surface area contributed by atoms with Crippen molar-refractivity contribution in [2.75, 3.05) is 11.9 Å². The highest BCUT2D eigenvalue weighted by atomic mass is 19.1. The largest absolute Gasteiger partial charge is 0.343 e. The summed E-state index contributed by atoms with van der Waals surface area (Å²) in [6.45, 7) is 3.59. The zero-order valence-electron chi connectivity index (χ0n) is 12.2. The van der Waals surface area contributed by atoms with Gasteiger partial charge in [0.25, 0.3) is 5.91 Å². The number of amides is 2. The summed E-state index contributed by atoms with van der Waals surface area (Å²) in [7, 11) is 0. The van der Waals surface area contributed by atoms with E-state index >= 15 is 0 Å². The molecule has 0 spiro atoms. The fraction of sp³-hybridized carbons (Fsp3) is 0.286. The Hall–Kier alpha value is -2.77. The number of nitrogens with zero attached hydrogens (tertiary/aromatic N) is 3. The van der Waals surface area contributed by atoms with Gasteiger partial charge in [-0.25, -0.2) is 9.07 Å². The van der Waals surface area contributed by atoms with Gasteiger partial charge in [-0.1, -0.05) is 0 Å². The molecule has 0 atom stereocenters. The molecule has 0 saturated heterocycles. The van der Waals surface area contributed by atoms with Crippen LogP contribution in [0.1, 0.15) is 30.2 Å². The Morgan fingerprint density at radius 1 is 1.27 bits per heavy atom. The molecule has 1 aromatic carbocycles. The van der Waals surface area contributed by atoms with Crippen LogP contribution in [0.5, 0.6) is 0 Å². The molecule has 8 heteroatoms. The lowest BCUT2D eigenvalue weighted by molar-refractivity contribution is -0.115. The summed E-state index contributed by atoms with van der Waals surface area (Å²) in [5.41, 5.74) is 0.277. The first kappa shape index (κ1) is 15.6. The van der Waals surface area contributed by atoms with Crippen molar-refractivity contribution in [1.82, 2.24) is 20.1 Å². The minimum absolute atomic E-state index is 0.0478. The third-order valence-corrected chi connectivity index (χ3v) is 2.83. The Labute approximate surface area is 126 Å². The summed E-state index contributed by atoms with van der Waals surface area (Å²) in [5, 5.41) is 9.00. The average Bonchev–Trinajstić information content (AvgIpc) is 2.94. The molecule has 22 heavy (non-hydrogen) atoms. The van der Waals surface area contributed by atoms with E-state index in [4.69, 9.17) is 0 Å². The first-order valence-corrected chi connectivity index (χ1v) is 6.70. The minimum atomic E-state index is -0.458. The molecule has 7 nitrogen and oxygen atoms in total. The van der Waals surface area contributed by atoms with E-state index in [1.807, 2.05) is 13.8 Å². The molecular formula is C14H16FN5O2. The third kappa shape index (κ3) is 3.87. The number of nitrogens with one attached hydrogen (secondary N) is 2. The van der Waals surface area contributed by atoms with Gasteiger partial charge in [0.05, 0.1) is 12.6 Å². The average molecular weight is 305 g/mol. The number of rotatable bonds is 5. The smallest absolute Gasteiger partial charge is 0.251 e. The van der Waals surface area contributed by atoms with Crippen molar-refractivity contribution in [3.63, 3.8) is 0 Å². The fourth-order valence-corrected chi connectivity index (χ4v) is 1.75. The maximum Gasteiger partial charge on any atom is 0.251 e. The zero-order valence-corrected chi connectivity index (χ0v) is 12.2. The first-order valence-electron chi connectivity index (χ1n) is 6.70. The van der Waals surface area contributed by atoms with Gasteiger partial charge in [0.1, 0.15) is 12.1 Å². The number of benzene rings is 1. The van der Waals surface area contributed by atoms with E-state index in [1.54, 1.807) is 4.68 Å². The Bertz CT molecular complexity index is 666. The van der Waals surface area contributed by atoms with Gasteiger partial charge >= 0.3 is 0 Å². The number of hydrogen-bond acceptors (Lipinski definition) is 4. The molecule has 0 aliphatic carbocycles. The van der Waals surface area contributed by atoms with Crippen LogP contribution in [-0.2, 0) is 4.79 Å². The van der Waals surface area contributed by atoms with Crippen LogP contribution in [0.4, 0.5) is 10.3 Å². The van der Waals surface area contributed by atoms with Gasteiger partial charge in [0.15, 0.2) is 0 Å². The molecule has 1 aromatic heterocycles. The summed E-state index contributed by atoms with van der Waals surface area (Å²) in [5.74, 6) is -0.996. The predicted octanol–water partition coefficient (Wildman–Crippen LogP) is 1.37. The van der Waals surface area contributed by atoms with Gasteiger partial charge in [-0.15, -0.1) is 0 Å². The van der Waals surface area contributed by atoms with Crippen molar-refractivity contribution < 1.29 is 14.0 Å². The van der Waals surface area contributed by atoms with Crippen LogP contribution in [-0.4, -0.2) is 33.1 Å². The lowest BCUT2D eigenvalue weighted by atomic mass is 10.2. The molecule has 2 N–H and O–H groups in total. The van der Waals surface area contributed by atoms with E-state index in [0.717, 1.165) is 0 Å². The number of halogens is 1. The van der Waals surface area contributed by atoms with Crippen LogP contribution in [0.25, 0.3) is 0 Å². The lowest BCUT2D eigenvalue weighted by Gasteiger charge is -2.10. The molecular weight excluding hydrogens is 289 g/mol. The molecule has 0 fully saturated rings. The van der Waals surface area contributed by atoms with Crippen molar-refractivity contribution in [3.05, 3.63) is 42.0 Å². The van der Waals surface area contributed by atoms with Crippen molar-refractivity contribution in [3.8, 4) is 0 Å². The van der Waals surface area contributed by atoms with Crippen LogP contribution in [0.15, 0.2) is 30.6 Å². The van der Waals surface area contributed by atoms with Crippen LogP contribution < -0.4 is 10.6 Å². The van der Waals surface area contributed by atoms with E-state index in [9.17, 15) is 14.0 Å².